The van der Waals surface area contributed by atoms with Crippen LogP contribution in [0.5, 0.6) is 5.75 Å². The van der Waals surface area contributed by atoms with Gasteiger partial charge in [-0.1, -0.05) is 32.8 Å². The van der Waals surface area contributed by atoms with Crippen LogP contribution in [0.3, 0.4) is 0 Å². The van der Waals surface area contributed by atoms with Crippen molar-refractivity contribution in [3.63, 3.8) is 0 Å². The number of amides is 1. The third-order valence-electron chi connectivity index (χ3n) is 3.38. The normalized spacial score (nSPS) is 13.3. The molecule has 0 heterocycles. The summed E-state index contributed by atoms with van der Waals surface area (Å²) in [6.45, 7) is 3.96. The molecule has 5 nitrogen and oxygen atoms in total. The van der Waals surface area contributed by atoms with Crippen molar-refractivity contribution in [1.29, 1.82) is 0 Å². The Balaban J connectivity index is 2.84. The summed E-state index contributed by atoms with van der Waals surface area (Å²) < 4.78 is 18.5. The number of carboxylic acid groups (broad SMARTS) is 1. The Labute approximate surface area is 129 Å². The van der Waals surface area contributed by atoms with Crippen LogP contribution in [-0.4, -0.2) is 24.1 Å². The molecule has 0 fully saturated rings. The number of methoxy groups -OCH3 is 1. The van der Waals surface area contributed by atoms with E-state index in [1.165, 1.54) is 19.2 Å². The Hall–Kier alpha value is -2.11. The van der Waals surface area contributed by atoms with Gasteiger partial charge in [0.15, 0.2) is 17.6 Å². The van der Waals surface area contributed by atoms with E-state index < -0.39 is 17.8 Å². The van der Waals surface area contributed by atoms with Crippen LogP contribution in [0, 0.1) is 11.7 Å². The van der Waals surface area contributed by atoms with E-state index in [0.29, 0.717) is 0 Å². The van der Waals surface area contributed by atoms with Crippen LogP contribution in [0.2, 0.25) is 0 Å². The summed E-state index contributed by atoms with van der Waals surface area (Å²) in [7, 11) is 1.32. The second-order valence-electron chi connectivity index (χ2n) is 5.33. The van der Waals surface area contributed by atoms with E-state index in [0.717, 1.165) is 18.9 Å². The van der Waals surface area contributed by atoms with Crippen LogP contribution < -0.4 is 10.1 Å². The quantitative estimate of drug-likeness (QED) is 0.774. The topological polar surface area (TPSA) is 75.6 Å². The molecular weight excluding hydrogens is 289 g/mol. The smallest absolute Gasteiger partial charge is 0.330 e. The van der Waals surface area contributed by atoms with Crippen molar-refractivity contribution in [2.24, 2.45) is 5.92 Å². The molecular formula is C16H22FNO4. The van der Waals surface area contributed by atoms with E-state index in [-0.39, 0.29) is 29.6 Å². The molecule has 1 rings (SSSR count). The van der Waals surface area contributed by atoms with Gasteiger partial charge in [0, 0.05) is 6.42 Å². The zero-order chi connectivity index (χ0) is 16.7. The predicted octanol–water partition coefficient (Wildman–Crippen LogP) is 2.90. The summed E-state index contributed by atoms with van der Waals surface area (Å²) in [5.41, 5.74) is 0.169. The zero-order valence-electron chi connectivity index (χ0n) is 13.1. The molecule has 1 aromatic rings. The number of carboxylic acids is 1. The van der Waals surface area contributed by atoms with Crippen molar-refractivity contribution in [3.05, 3.63) is 29.6 Å². The van der Waals surface area contributed by atoms with Gasteiger partial charge in [-0.05, 0) is 23.6 Å². The molecule has 22 heavy (non-hydrogen) atoms. The third kappa shape index (κ3) is 5.02. The van der Waals surface area contributed by atoms with Crippen molar-refractivity contribution in [3.8, 4) is 5.75 Å². The maximum atomic E-state index is 13.7. The third-order valence-corrected chi connectivity index (χ3v) is 3.38. The Bertz CT molecular complexity index is 533. The molecule has 1 amide bonds. The number of benzene rings is 1. The van der Waals surface area contributed by atoms with Gasteiger partial charge in [-0.3, -0.25) is 4.79 Å². The number of carbonyl (C=O) groups is 2. The van der Waals surface area contributed by atoms with E-state index in [1.54, 1.807) is 0 Å². The highest BCUT2D eigenvalue weighted by molar-refractivity contribution is 5.84. The van der Waals surface area contributed by atoms with Gasteiger partial charge in [-0.15, -0.1) is 0 Å². The van der Waals surface area contributed by atoms with Crippen molar-refractivity contribution in [2.45, 2.75) is 39.2 Å². The van der Waals surface area contributed by atoms with Gasteiger partial charge < -0.3 is 15.2 Å². The highest BCUT2D eigenvalue weighted by atomic mass is 19.1. The fourth-order valence-corrected chi connectivity index (χ4v) is 2.28. The Morgan fingerprint density at radius 3 is 2.59 bits per heavy atom. The Morgan fingerprint density at radius 1 is 1.41 bits per heavy atom. The number of aliphatic carboxylic acids is 1. The minimum absolute atomic E-state index is 0.0239. The van der Waals surface area contributed by atoms with Gasteiger partial charge >= 0.3 is 5.97 Å². The van der Waals surface area contributed by atoms with Gasteiger partial charge in [0.1, 0.15) is 0 Å². The fraction of sp³-hybridized carbons (Fsp3) is 0.500. The molecule has 0 aliphatic heterocycles. The van der Waals surface area contributed by atoms with Crippen molar-refractivity contribution < 1.29 is 23.8 Å². The number of halogens is 1. The zero-order valence-corrected chi connectivity index (χ0v) is 13.1. The molecule has 0 aromatic heterocycles. The second-order valence-corrected chi connectivity index (χ2v) is 5.33. The summed E-state index contributed by atoms with van der Waals surface area (Å²) in [5.74, 6) is -2.06. The SMILES string of the molecule is CCCC(C)CC(=O)NC(C(=O)O)c1ccc(OC)c(F)c1. The second kappa shape index (κ2) is 8.36. The molecule has 2 N–H and O–H groups in total. The van der Waals surface area contributed by atoms with Gasteiger partial charge in [0.25, 0.3) is 0 Å². The number of carbonyl (C=O) groups excluding carboxylic acids is 1. The lowest BCUT2D eigenvalue weighted by Gasteiger charge is -2.17. The van der Waals surface area contributed by atoms with Crippen molar-refractivity contribution >= 4 is 11.9 Å². The molecule has 0 radical (unpaired) electrons. The molecule has 1 aromatic carbocycles. The van der Waals surface area contributed by atoms with E-state index in [1.807, 2.05) is 13.8 Å². The highest BCUT2D eigenvalue weighted by Gasteiger charge is 2.23. The molecule has 0 aliphatic rings. The van der Waals surface area contributed by atoms with Gasteiger partial charge in [-0.2, -0.15) is 0 Å². The molecule has 0 aliphatic carbocycles. The van der Waals surface area contributed by atoms with Crippen LogP contribution in [0.15, 0.2) is 18.2 Å². The monoisotopic (exact) mass is 311 g/mol. The first-order chi connectivity index (χ1) is 10.4. The molecule has 2 atom stereocenters. The van der Waals surface area contributed by atoms with E-state index in [9.17, 15) is 19.1 Å². The number of hydrogen-bond donors (Lipinski definition) is 2. The first kappa shape index (κ1) is 17.9. The average molecular weight is 311 g/mol. The lowest BCUT2D eigenvalue weighted by atomic mass is 10.0. The summed E-state index contributed by atoms with van der Waals surface area (Å²) in [4.78, 5) is 23.3. The highest BCUT2D eigenvalue weighted by Crippen LogP contribution is 2.22. The van der Waals surface area contributed by atoms with E-state index in [4.69, 9.17) is 4.74 Å². The average Bonchev–Trinajstić information content (AvgIpc) is 2.44. The molecule has 0 saturated heterocycles. The maximum absolute atomic E-state index is 13.7. The molecule has 2 unspecified atom stereocenters. The molecule has 0 spiro atoms. The number of rotatable bonds is 8. The van der Waals surface area contributed by atoms with Gasteiger partial charge in [0.05, 0.1) is 7.11 Å². The van der Waals surface area contributed by atoms with Crippen molar-refractivity contribution in [2.75, 3.05) is 7.11 Å². The summed E-state index contributed by atoms with van der Waals surface area (Å²) in [6.07, 6.45) is 2.10. The maximum Gasteiger partial charge on any atom is 0.330 e. The Morgan fingerprint density at radius 2 is 2.09 bits per heavy atom. The lowest BCUT2D eigenvalue weighted by Crippen LogP contribution is -2.34. The minimum Gasteiger partial charge on any atom is -0.494 e. The van der Waals surface area contributed by atoms with E-state index in [2.05, 4.69) is 5.32 Å². The standard InChI is InChI=1S/C16H22FNO4/c1-4-5-10(2)8-14(19)18-15(16(20)21)11-6-7-13(22-3)12(17)9-11/h6-7,9-10,15H,4-5,8H2,1-3H3,(H,18,19)(H,20,21). The first-order valence-corrected chi connectivity index (χ1v) is 7.24. The van der Waals surface area contributed by atoms with Crippen LogP contribution in [0.25, 0.3) is 0 Å². The van der Waals surface area contributed by atoms with Crippen LogP contribution in [0.1, 0.15) is 44.7 Å². The summed E-state index contributed by atoms with van der Waals surface area (Å²) in [6, 6.07) is 2.55. The number of nitrogens with one attached hydrogen (secondary N) is 1. The van der Waals surface area contributed by atoms with Gasteiger partial charge in [0.2, 0.25) is 5.91 Å². The molecule has 122 valence electrons. The van der Waals surface area contributed by atoms with Crippen LogP contribution in [-0.2, 0) is 9.59 Å². The summed E-state index contributed by atoms with van der Waals surface area (Å²) >= 11 is 0. The van der Waals surface area contributed by atoms with Gasteiger partial charge in [-0.25, -0.2) is 9.18 Å². The minimum atomic E-state index is -1.28. The first-order valence-electron chi connectivity index (χ1n) is 7.24. The molecule has 0 saturated carbocycles. The van der Waals surface area contributed by atoms with Crippen LogP contribution >= 0.6 is 0 Å². The van der Waals surface area contributed by atoms with Crippen LogP contribution in [0.4, 0.5) is 4.39 Å². The van der Waals surface area contributed by atoms with Crippen molar-refractivity contribution in [1.82, 2.24) is 5.32 Å². The molecule has 6 heteroatoms. The Kier molecular flexibility index (Phi) is 6.82. The predicted molar refractivity (Wildman–Crippen MR) is 80.2 cm³/mol. The summed E-state index contributed by atoms with van der Waals surface area (Å²) in [5, 5.41) is 11.7. The van der Waals surface area contributed by atoms with E-state index >= 15 is 0 Å². The molecule has 0 bridgehead atoms. The number of ether oxygens (including phenoxy) is 1. The number of hydrogen-bond acceptors (Lipinski definition) is 3. The largest absolute Gasteiger partial charge is 0.494 e. The fourth-order valence-electron chi connectivity index (χ4n) is 2.28. The lowest BCUT2D eigenvalue weighted by molar-refractivity contribution is -0.142.